The van der Waals surface area contributed by atoms with Crippen LogP contribution in [0.5, 0.6) is 5.75 Å². The van der Waals surface area contributed by atoms with E-state index in [1.165, 1.54) is 6.07 Å². The molecule has 41 heavy (non-hydrogen) atoms. The van der Waals surface area contributed by atoms with Gasteiger partial charge >= 0.3 is 5.97 Å². The summed E-state index contributed by atoms with van der Waals surface area (Å²) < 4.78 is 27.4. The fraction of sp³-hybridized carbons (Fsp3) is 0.412. The second-order valence-electron chi connectivity index (χ2n) is 12.2. The molecule has 0 fully saturated rings. The van der Waals surface area contributed by atoms with Gasteiger partial charge < -0.3 is 19.5 Å². The molecule has 216 valence electrons. The zero-order valence-electron chi connectivity index (χ0n) is 24.9. The molecule has 0 aliphatic carbocycles. The Hall–Kier alpha value is -3.71. The Morgan fingerprint density at radius 3 is 2.29 bits per heavy atom. The van der Waals surface area contributed by atoms with E-state index in [-0.39, 0.29) is 11.7 Å². The van der Waals surface area contributed by atoms with Gasteiger partial charge in [-0.25, -0.2) is 9.18 Å². The van der Waals surface area contributed by atoms with Crippen molar-refractivity contribution in [2.24, 2.45) is 0 Å². The normalized spacial score (nSPS) is 15.3. The van der Waals surface area contributed by atoms with E-state index in [4.69, 9.17) is 9.47 Å². The van der Waals surface area contributed by atoms with Gasteiger partial charge in [0.1, 0.15) is 0 Å². The molecule has 0 aromatic heterocycles. The number of hydrogen-bond donors (Lipinski definition) is 1. The third-order valence-electron chi connectivity index (χ3n) is 8.34. The Bertz CT molecular complexity index is 1570. The van der Waals surface area contributed by atoms with Crippen molar-refractivity contribution >= 4 is 11.9 Å². The highest BCUT2D eigenvalue weighted by molar-refractivity contribution is 5.96. The van der Waals surface area contributed by atoms with E-state index >= 15 is 4.39 Å². The van der Waals surface area contributed by atoms with Gasteiger partial charge in [-0.1, -0.05) is 18.2 Å². The molecule has 7 heteroatoms. The van der Waals surface area contributed by atoms with Gasteiger partial charge in [-0.15, -0.1) is 0 Å². The number of halogens is 1. The number of carbonyl (C=O) groups is 2. The number of benzene rings is 3. The Morgan fingerprint density at radius 2 is 1.66 bits per heavy atom. The summed E-state index contributed by atoms with van der Waals surface area (Å²) >= 11 is 0. The van der Waals surface area contributed by atoms with Crippen molar-refractivity contribution < 1.29 is 28.6 Å². The van der Waals surface area contributed by atoms with E-state index in [0.717, 1.165) is 45.4 Å². The van der Waals surface area contributed by atoms with Crippen molar-refractivity contribution in [3.05, 3.63) is 86.2 Å². The quantitative estimate of drug-likeness (QED) is 0.359. The second-order valence-corrected chi connectivity index (χ2v) is 12.2. The molecule has 0 bridgehead atoms. The van der Waals surface area contributed by atoms with Crippen LogP contribution < -0.4 is 4.74 Å². The van der Waals surface area contributed by atoms with Crippen molar-refractivity contribution in [3.8, 4) is 16.9 Å². The van der Waals surface area contributed by atoms with E-state index in [1.54, 1.807) is 4.90 Å². The lowest BCUT2D eigenvalue weighted by atomic mass is 9.81. The van der Waals surface area contributed by atoms with Gasteiger partial charge in [-0.2, -0.15) is 0 Å². The van der Waals surface area contributed by atoms with Gasteiger partial charge in [0.25, 0.3) is 5.91 Å². The fourth-order valence-corrected chi connectivity index (χ4v) is 6.33. The lowest BCUT2D eigenvalue weighted by Crippen LogP contribution is -2.29. The van der Waals surface area contributed by atoms with Crippen molar-refractivity contribution in [3.63, 3.8) is 0 Å². The molecule has 2 aliphatic heterocycles. The average molecular weight is 560 g/mol. The molecular formula is C34H38FNO5. The van der Waals surface area contributed by atoms with Gasteiger partial charge in [-0.05, 0) is 118 Å². The maximum absolute atomic E-state index is 15.5. The summed E-state index contributed by atoms with van der Waals surface area (Å²) in [5.74, 6) is -1.36. The summed E-state index contributed by atoms with van der Waals surface area (Å²) in [6, 6.07) is 8.98. The molecule has 2 aliphatic rings. The molecule has 0 spiro atoms. The standard InChI is InChI=1S/C34H38FNO5/c1-18-11-8-9-12-22(18)32(37)36-16-25-20(3)28(24-15-27(35)30-23(19(24)2)13-10-14-40-30)29(21(4)26(25)17-36)31(33(38)39)41-34(5,6)7/h8-9,11-12,15,31H,10,13-14,16-17H2,1-7H3,(H,38,39)/t31-/m0/s1. The lowest BCUT2D eigenvalue weighted by molar-refractivity contribution is -0.160. The van der Waals surface area contributed by atoms with Gasteiger partial charge in [0.2, 0.25) is 0 Å². The Labute approximate surface area is 241 Å². The molecule has 6 nitrogen and oxygen atoms in total. The molecule has 0 saturated carbocycles. The highest BCUT2D eigenvalue weighted by atomic mass is 19.1. The molecule has 5 rings (SSSR count). The first-order valence-electron chi connectivity index (χ1n) is 14.2. The van der Waals surface area contributed by atoms with Crippen LogP contribution in [0.15, 0.2) is 30.3 Å². The number of rotatable bonds is 5. The summed E-state index contributed by atoms with van der Waals surface area (Å²) in [4.78, 5) is 28.3. The maximum Gasteiger partial charge on any atom is 0.337 e. The summed E-state index contributed by atoms with van der Waals surface area (Å²) in [7, 11) is 0. The van der Waals surface area contributed by atoms with E-state index in [2.05, 4.69) is 0 Å². The topological polar surface area (TPSA) is 76.1 Å². The minimum absolute atomic E-state index is 0.0740. The SMILES string of the molecule is Cc1ccccc1C(=O)N1Cc2c(C)c(-c3cc(F)c4c(c3C)CCCO4)c([C@H](OC(C)(C)C)C(=O)O)c(C)c2C1. The highest BCUT2D eigenvalue weighted by Gasteiger charge is 2.37. The van der Waals surface area contributed by atoms with Crippen LogP contribution >= 0.6 is 0 Å². The number of ether oxygens (including phenoxy) is 2. The first kappa shape index (κ1) is 28.8. The fourth-order valence-electron chi connectivity index (χ4n) is 6.33. The lowest BCUT2D eigenvalue weighted by Gasteiger charge is -2.31. The van der Waals surface area contributed by atoms with Crippen LogP contribution in [0.3, 0.4) is 0 Å². The largest absolute Gasteiger partial charge is 0.490 e. The minimum Gasteiger partial charge on any atom is -0.490 e. The average Bonchev–Trinajstić information content (AvgIpc) is 3.37. The van der Waals surface area contributed by atoms with Gasteiger partial charge in [0, 0.05) is 29.8 Å². The molecule has 2 heterocycles. The molecule has 1 atom stereocenters. The monoisotopic (exact) mass is 559 g/mol. The number of carboxylic acids is 1. The van der Waals surface area contributed by atoms with Crippen LogP contribution in [0, 0.1) is 33.5 Å². The number of nitrogens with zero attached hydrogens (tertiary/aromatic N) is 1. The number of carbonyl (C=O) groups excluding carboxylic acids is 1. The Morgan fingerprint density at radius 1 is 1.00 bits per heavy atom. The first-order chi connectivity index (χ1) is 19.3. The predicted molar refractivity (Wildman–Crippen MR) is 156 cm³/mol. The van der Waals surface area contributed by atoms with E-state index in [9.17, 15) is 14.7 Å². The second kappa shape index (κ2) is 10.6. The van der Waals surface area contributed by atoms with E-state index in [1.807, 2.05) is 72.7 Å². The minimum atomic E-state index is -1.29. The van der Waals surface area contributed by atoms with Crippen molar-refractivity contribution in [2.75, 3.05) is 6.61 Å². The number of aliphatic carboxylic acids is 1. The number of fused-ring (bicyclic) bond motifs is 2. The summed E-state index contributed by atoms with van der Waals surface area (Å²) in [5.41, 5.74) is 7.76. The van der Waals surface area contributed by atoms with Crippen LogP contribution in [-0.4, -0.2) is 34.1 Å². The zero-order chi connectivity index (χ0) is 29.8. The van der Waals surface area contributed by atoms with Crippen LogP contribution in [0.25, 0.3) is 11.1 Å². The van der Waals surface area contributed by atoms with Crippen LogP contribution in [-0.2, 0) is 29.0 Å². The summed E-state index contributed by atoms with van der Waals surface area (Å²) in [5, 5.41) is 10.5. The van der Waals surface area contributed by atoms with Gasteiger partial charge in [-0.3, -0.25) is 4.79 Å². The molecular weight excluding hydrogens is 521 g/mol. The maximum atomic E-state index is 15.5. The van der Waals surface area contributed by atoms with E-state index in [0.29, 0.717) is 48.4 Å². The molecule has 0 radical (unpaired) electrons. The van der Waals surface area contributed by atoms with Crippen molar-refractivity contribution in [2.45, 2.75) is 86.1 Å². The number of carboxylic acid groups (broad SMARTS) is 1. The summed E-state index contributed by atoms with van der Waals surface area (Å²) in [6.45, 7) is 14.4. The molecule has 3 aromatic rings. The van der Waals surface area contributed by atoms with Crippen LogP contribution in [0.2, 0.25) is 0 Å². The summed E-state index contributed by atoms with van der Waals surface area (Å²) in [6.07, 6.45) is 0.182. The molecule has 1 amide bonds. The van der Waals surface area contributed by atoms with Crippen LogP contribution in [0.1, 0.15) is 88.2 Å². The van der Waals surface area contributed by atoms with Crippen molar-refractivity contribution in [1.82, 2.24) is 4.90 Å². The third-order valence-corrected chi connectivity index (χ3v) is 8.34. The number of hydrogen-bond acceptors (Lipinski definition) is 4. The smallest absolute Gasteiger partial charge is 0.337 e. The van der Waals surface area contributed by atoms with Gasteiger partial charge in [0.15, 0.2) is 17.7 Å². The molecule has 0 saturated heterocycles. The zero-order valence-corrected chi connectivity index (χ0v) is 24.9. The highest BCUT2D eigenvalue weighted by Crippen LogP contribution is 2.47. The van der Waals surface area contributed by atoms with Crippen LogP contribution in [0.4, 0.5) is 4.39 Å². The molecule has 3 aromatic carbocycles. The van der Waals surface area contributed by atoms with Gasteiger partial charge in [0.05, 0.1) is 12.2 Å². The number of aryl methyl sites for hydroxylation is 1. The van der Waals surface area contributed by atoms with Crippen molar-refractivity contribution in [1.29, 1.82) is 0 Å². The molecule has 0 unspecified atom stereocenters. The Balaban J connectivity index is 1.75. The Kier molecular flexibility index (Phi) is 7.45. The first-order valence-corrected chi connectivity index (χ1v) is 14.2. The van der Waals surface area contributed by atoms with E-state index < -0.39 is 23.5 Å². The third kappa shape index (κ3) is 5.12. The predicted octanol–water partition coefficient (Wildman–Crippen LogP) is 7.15. The molecule has 1 N–H and O–H groups in total. The number of amides is 1.